The van der Waals surface area contributed by atoms with Crippen LogP contribution >= 0.6 is 0 Å². The number of nitrogens with zero attached hydrogens (tertiary/aromatic N) is 1. The molecule has 2 atom stereocenters. The molecule has 1 aromatic carbocycles. The van der Waals surface area contributed by atoms with Crippen LogP contribution in [-0.4, -0.2) is 41.3 Å². The Bertz CT molecular complexity index is 533. The van der Waals surface area contributed by atoms with Crippen LogP contribution in [0.4, 0.5) is 8.78 Å². The van der Waals surface area contributed by atoms with E-state index in [4.69, 9.17) is 0 Å². The van der Waals surface area contributed by atoms with Crippen molar-refractivity contribution in [2.75, 3.05) is 6.54 Å². The maximum atomic E-state index is 13.8. The molecule has 0 saturated carbocycles. The molecule has 0 radical (unpaired) electrons. The van der Waals surface area contributed by atoms with E-state index in [-0.39, 0.29) is 6.42 Å². The van der Waals surface area contributed by atoms with Crippen molar-refractivity contribution in [2.24, 2.45) is 0 Å². The van der Waals surface area contributed by atoms with Crippen molar-refractivity contribution in [3.05, 3.63) is 35.9 Å². The zero-order valence-electron chi connectivity index (χ0n) is 9.98. The number of hydrogen-bond acceptors (Lipinski definition) is 2. The van der Waals surface area contributed by atoms with E-state index in [9.17, 15) is 18.4 Å². The molecule has 0 aliphatic carbocycles. The largest absolute Gasteiger partial charge is 0.345 e. The summed E-state index contributed by atoms with van der Waals surface area (Å²) in [6.07, 6.45) is -0.0567. The molecule has 1 aromatic rings. The lowest BCUT2D eigenvalue weighted by Crippen LogP contribution is -2.43. The first-order valence-corrected chi connectivity index (χ1v) is 6.02. The average molecular weight is 266 g/mol. The van der Waals surface area contributed by atoms with E-state index in [1.54, 1.807) is 30.3 Å². The second kappa shape index (κ2) is 4.01. The van der Waals surface area contributed by atoms with Gasteiger partial charge in [0.05, 0.1) is 12.6 Å². The molecule has 2 saturated heterocycles. The first-order valence-electron chi connectivity index (χ1n) is 6.02. The first kappa shape index (κ1) is 12.1. The lowest BCUT2D eigenvalue weighted by molar-refractivity contribution is -0.121. The predicted octanol–water partition coefficient (Wildman–Crippen LogP) is 1.03. The fraction of sp³-hybridized carbons (Fsp3) is 0.385. The number of carbonyl (C=O) groups excluding carboxylic acids is 2. The highest BCUT2D eigenvalue weighted by Crippen LogP contribution is 2.37. The van der Waals surface area contributed by atoms with E-state index in [1.807, 2.05) is 0 Å². The van der Waals surface area contributed by atoms with E-state index < -0.39 is 36.4 Å². The summed E-state index contributed by atoms with van der Waals surface area (Å²) in [5.41, 5.74) is 0.360. The van der Waals surface area contributed by atoms with Crippen LogP contribution in [0.1, 0.15) is 16.8 Å². The summed E-state index contributed by atoms with van der Waals surface area (Å²) < 4.78 is 27.6. The van der Waals surface area contributed by atoms with E-state index >= 15 is 0 Å². The quantitative estimate of drug-likeness (QED) is 0.825. The van der Waals surface area contributed by atoms with Gasteiger partial charge in [0.2, 0.25) is 5.91 Å². The highest BCUT2D eigenvalue weighted by molar-refractivity contribution is 5.95. The number of benzene rings is 1. The molecule has 2 heterocycles. The minimum Gasteiger partial charge on any atom is -0.345 e. The maximum Gasteiger partial charge on any atom is 0.287 e. The Balaban J connectivity index is 1.90. The lowest BCUT2D eigenvalue weighted by atomic mass is 10.1. The third kappa shape index (κ3) is 1.87. The van der Waals surface area contributed by atoms with Gasteiger partial charge in [0.25, 0.3) is 11.8 Å². The van der Waals surface area contributed by atoms with Crippen molar-refractivity contribution in [1.29, 1.82) is 0 Å². The molecule has 3 rings (SSSR count). The van der Waals surface area contributed by atoms with E-state index in [0.717, 1.165) is 4.90 Å². The monoisotopic (exact) mass is 266 g/mol. The Labute approximate surface area is 108 Å². The number of alkyl halides is 2. The zero-order valence-corrected chi connectivity index (χ0v) is 9.98. The standard InChI is InChI=1S/C13H12F2N2O2/c14-13(15)7-17(9-6-10(18)16-11(9)13)12(19)8-4-2-1-3-5-8/h1-5,9,11H,6-7H2,(H,16,18). The van der Waals surface area contributed by atoms with Gasteiger partial charge >= 0.3 is 0 Å². The number of halogens is 2. The Hall–Kier alpha value is -1.98. The Morgan fingerprint density at radius 1 is 1.32 bits per heavy atom. The Kier molecular flexibility index (Phi) is 2.55. The molecule has 2 amide bonds. The second-order valence-electron chi connectivity index (χ2n) is 4.88. The molecule has 100 valence electrons. The van der Waals surface area contributed by atoms with Crippen LogP contribution in [0.5, 0.6) is 0 Å². The maximum absolute atomic E-state index is 13.8. The molecule has 0 aromatic heterocycles. The van der Waals surface area contributed by atoms with Gasteiger partial charge in [0.1, 0.15) is 6.04 Å². The Morgan fingerprint density at radius 2 is 2.00 bits per heavy atom. The van der Waals surface area contributed by atoms with Gasteiger partial charge in [-0.3, -0.25) is 9.59 Å². The number of rotatable bonds is 1. The van der Waals surface area contributed by atoms with Gasteiger partial charge in [-0.2, -0.15) is 0 Å². The number of fused-ring (bicyclic) bond motifs is 1. The summed E-state index contributed by atoms with van der Waals surface area (Å²) in [4.78, 5) is 24.6. The van der Waals surface area contributed by atoms with Crippen molar-refractivity contribution in [3.8, 4) is 0 Å². The second-order valence-corrected chi connectivity index (χ2v) is 4.88. The van der Waals surface area contributed by atoms with Crippen LogP contribution < -0.4 is 5.32 Å². The van der Waals surface area contributed by atoms with Crippen LogP contribution in [0, 0.1) is 0 Å². The smallest absolute Gasteiger partial charge is 0.287 e. The average Bonchev–Trinajstić information content (AvgIpc) is 2.88. The van der Waals surface area contributed by atoms with Gasteiger partial charge in [-0.15, -0.1) is 0 Å². The van der Waals surface area contributed by atoms with Crippen molar-refractivity contribution < 1.29 is 18.4 Å². The van der Waals surface area contributed by atoms with Gasteiger partial charge in [-0.05, 0) is 12.1 Å². The van der Waals surface area contributed by atoms with Crippen molar-refractivity contribution in [1.82, 2.24) is 10.2 Å². The van der Waals surface area contributed by atoms with Crippen molar-refractivity contribution in [3.63, 3.8) is 0 Å². The third-order valence-electron chi connectivity index (χ3n) is 3.61. The number of amides is 2. The summed E-state index contributed by atoms with van der Waals surface area (Å²) in [5, 5.41) is 2.26. The highest BCUT2D eigenvalue weighted by atomic mass is 19.3. The van der Waals surface area contributed by atoms with Crippen molar-refractivity contribution in [2.45, 2.75) is 24.4 Å². The SMILES string of the molecule is O=C1CC2C(N1)C(F)(F)CN2C(=O)c1ccccc1. The minimum absolute atomic E-state index is 0.0567. The van der Waals surface area contributed by atoms with Gasteiger partial charge in [-0.1, -0.05) is 18.2 Å². The summed E-state index contributed by atoms with van der Waals surface area (Å²) >= 11 is 0. The molecule has 0 bridgehead atoms. The Morgan fingerprint density at radius 3 is 2.68 bits per heavy atom. The van der Waals surface area contributed by atoms with Gasteiger partial charge in [0, 0.05) is 12.0 Å². The molecule has 2 fully saturated rings. The molecule has 0 spiro atoms. The summed E-state index contributed by atoms with van der Waals surface area (Å²) in [6, 6.07) is 6.26. The van der Waals surface area contributed by atoms with Gasteiger partial charge < -0.3 is 10.2 Å². The molecule has 2 aliphatic rings. The zero-order chi connectivity index (χ0) is 13.6. The predicted molar refractivity (Wildman–Crippen MR) is 62.8 cm³/mol. The van der Waals surface area contributed by atoms with E-state index in [0.29, 0.717) is 5.56 Å². The molecule has 4 nitrogen and oxygen atoms in total. The van der Waals surface area contributed by atoms with Gasteiger partial charge in [-0.25, -0.2) is 8.78 Å². The highest BCUT2D eigenvalue weighted by Gasteiger charge is 2.59. The summed E-state index contributed by atoms with van der Waals surface area (Å²) in [7, 11) is 0. The number of carbonyl (C=O) groups is 2. The fourth-order valence-electron chi connectivity index (χ4n) is 2.73. The van der Waals surface area contributed by atoms with Crippen LogP contribution in [-0.2, 0) is 4.79 Å². The van der Waals surface area contributed by atoms with Crippen LogP contribution in [0.3, 0.4) is 0 Å². The molecule has 2 aliphatic heterocycles. The van der Waals surface area contributed by atoms with Crippen LogP contribution in [0.25, 0.3) is 0 Å². The number of nitrogens with one attached hydrogen (secondary N) is 1. The first-order chi connectivity index (χ1) is 8.99. The molecular formula is C13H12F2N2O2. The van der Waals surface area contributed by atoms with Crippen LogP contribution in [0.15, 0.2) is 30.3 Å². The fourth-order valence-corrected chi connectivity index (χ4v) is 2.73. The third-order valence-corrected chi connectivity index (χ3v) is 3.61. The minimum atomic E-state index is -3.07. The molecule has 2 unspecified atom stereocenters. The summed E-state index contributed by atoms with van der Waals surface area (Å²) in [5.74, 6) is -3.95. The molecule has 19 heavy (non-hydrogen) atoms. The van der Waals surface area contributed by atoms with Gasteiger partial charge in [0.15, 0.2) is 0 Å². The summed E-state index contributed by atoms with van der Waals surface area (Å²) in [6.45, 7) is -0.643. The van der Waals surface area contributed by atoms with Crippen molar-refractivity contribution >= 4 is 11.8 Å². The van der Waals surface area contributed by atoms with E-state index in [2.05, 4.69) is 5.32 Å². The number of likely N-dealkylation sites (tertiary alicyclic amines) is 1. The normalized spacial score (nSPS) is 28.1. The van der Waals surface area contributed by atoms with Crippen LogP contribution in [0.2, 0.25) is 0 Å². The molecular weight excluding hydrogens is 254 g/mol. The number of hydrogen-bond donors (Lipinski definition) is 1. The molecule has 6 heteroatoms. The van der Waals surface area contributed by atoms with E-state index in [1.165, 1.54) is 0 Å². The topological polar surface area (TPSA) is 49.4 Å². The molecule has 1 N–H and O–H groups in total. The lowest BCUT2D eigenvalue weighted by Gasteiger charge is -2.21.